The Hall–Kier alpha value is -3.45. The standard InChI is InChI=1S/C19H19N3O4/c20-18(24)17(19(25)21-12-14-5-2-1-3-6-14)15-8-4-7-13(11-15)9-10-16(23)22-26/h1-11,17,26H,12H2,(H2,20,24)(H,21,25)(H,22,23). The smallest absolute Gasteiger partial charge is 0.267 e. The average Bonchev–Trinajstić information content (AvgIpc) is 2.65. The number of carbonyl (C=O) groups is 3. The van der Waals surface area contributed by atoms with Crippen LogP contribution in [0.25, 0.3) is 6.08 Å². The third-order valence-corrected chi connectivity index (χ3v) is 3.64. The second-order valence-electron chi connectivity index (χ2n) is 5.52. The van der Waals surface area contributed by atoms with Crippen molar-refractivity contribution in [3.05, 3.63) is 77.4 Å². The van der Waals surface area contributed by atoms with Crippen LogP contribution in [0, 0.1) is 0 Å². The van der Waals surface area contributed by atoms with E-state index in [9.17, 15) is 14.4 Å². The molecule has 0 fully saturated rings. The number of hydrogen-bond acceptors (Lipinski definition) is 4. The zero-order chi connectivity index (χ0) is 18.9. The molecule has 3 amide bonds. The second kappa shape index (κ2) is 9.14. The summed E-state index contributed by atoms with van der Waals surface area (Å²) in [5.74, 6) is -3.12. The highest BCUT2D eigenvalue weighted by atomic mass is 16.5. The number of hydrogen-bond donors (Lipinski definition) is 4. The van der Waals surface area contributed by atoms with Crippen LogP contribution in [0.1, 0.15) is 22.6 Å². The molecule has 26 heavy (non-hydrogen) atoms. The highest BCUT2D eigenvalue weighted by Gasteiger charge is 2.26. The first-order valence-corrected chi connectivity index (χ1v) is 7.84. The molecule has 0 aromatic heterocycles. The van der Waals surface area contributed by atoms with Gasteiger partial charge in [-0.2, -0.15) is 0 Å². The summed E-state index contributed by atoms with van der Waals surface area (Å²) in [6, 6.07) is 15.8. The molecule has 134 valence electrons. The quantitative estimate of drug-likeness (QED) is 0.258. The van der Waals surface area contributed by atoms with Gasteiger partial charge in [0.2, 0.25) is 11.8 Å². The van der Waals surface area contributed by atoms with Gasteiger partial charge in [-0.3, -0.25) is 19.6 Å². The Balaban J connectivity index is 2.16. The Bertz CT molecular complexity index is 819. The molecule has 1 unspecified atom stereocenters. The first kappa shape index (κ1) is 18.9. The summed E-state index contributed by atoms with van der Waals surface area (Å²) >= 11 is 0. The van der Waals surface area contributed by atoms with Gasteiger partial charge in [0.15, 0.2) is 0 Å². The van der Waals surface area contributed by atoms with Crippen LogP contribution in [-0.2, 0) is 20.9 Å². The third-order valence-electron chi connectivity index (χ3n) is 3.64. The average molecular weight is 353 g/mol. The van der Waals surface area contributed by atoms with Gasteiger partial charge in [-0.05, 0) is 22.8 Å². The van der Waals surface area contributed by atoms with Crippen LogP contribution in [0.5, 0.6) is 0 Å². The molecule has 7 heteroatoms. The number of rotatable bonds is 7. The molecule has 2 aromatic carbocycles. The van der Waals surface area contributed by atoms with Crippen LogP contribution in [0.15, 0.2) is 60.7 Å². The second-order valence-corrected chi connectivity index (χ2v) is 5.52. The number of nitrogens with one attached hydrogen (secondary N) is 2. The van der Waals surface area contributed by atoms with Gasteiger partial charge in [-0.1, -0.05) is 54.6 Å². The minimum Gasteiger partial charge on any atom is -0.369 e. The molecule has 0 aliphatic rings. The summed E-state index contributed by atoms with van der Waals surface area (Å²) < 4.78 is 0. The van der Waals surface area contributed by atoms with E-state index in [4.69, 9.17) is 10.9 Å². The lowest BCUT2D eigenvalue weighted by molar-refractivity contribution is -0.130. The molecule has 0 aliphatic carbocycles. The molecular weight excluding hydrogens is 334 g/mol. The number of carbonyl (C=O) groups excluding carboxylic acids is 3. The van der Waals surface area contributed by atoms with E-state index in [0.717, 1.165) is 11.6 Å². The van der Waals surface area contributed by atoms with E-state index in [-0.39, 0.29) is 6.54 Å². The van der Waals surface area contributed by atoms with E-state index in [1.165, 1.54) is 11.6 Å². The maximum absolute atomic E-state index is 12.5. The van der Waals surface area contributed by atoms with Crippen LogP contribution in [0.2, 0.25) is 0 Å². The van der Waals surface area contributed by atoms with Gasteiger partial charge in [0.1, 0.15) is 5.92 Å². The van der Waals surface area contributed by atoms with E-state index in [2.05, 4.69) is 5.32 Å². The minimum absolute atomic E-state index is 0.277. The summed E-state index contributed by atoms with van der Waals surface area (Å²) in [7, 11) is 0. The Morgan fingerprint density at radius 3 is 2.46 bits per heavy atom. The van der Waals surface area contributed by atoms with Gasteiger partial charge < -0.3 is 11.1 Å². The lowest BCUT2D eigenvalue weighted by atomic mass is 9.95. The highest BCUT2D eigenvalue weighted by molar-refractivity contribution is 6.05. The van der Waals surface area contributed by atoms with Crippen molar-refractivity contribution in [2.24, 2.45) is 5.73 Å². The fourth-order valence-corrected chi connectivity index (χ4v) is 2.38. The molecule has 0 bridgehead atoms. The molecule has 0 radical (unpaired) electrons. The first-order valence-electron chi connectivity index (χ1n) is 7.84. The fourth-order valence-electron chi connectivity index (χ4n) is 2.38. The zero-order valence-electron chi connectivity index (χ0n) is 13.9. The number of hydroxylamine groups is 1. The van der Waals surface area contributed by atoms with Crippen LogP contribution in [0.4, 0.5) is 0 Å². The van der Waals surface area contributed by atoms with Crippen molar-refractivity contribution >= 4 is 23.8 Å². The Morgan fingerprint density at radius 2 is 1.81 bits per heavy atom. The van der Waals surface area contributed by atoms with Crippen LogP contribution < -0.4 is 16.5 Å². The summed E-state index contributed by atoms with van der Waals surface area (Å²) in [5, 5.41) is 11.2. The predicted molar refractivity (Wildman–Crippen MR) is 95.6 cm³/mol. The van der Waals surface area contributed by atoms with E-state index < -0.39 is 23.6 Å². The van der Waals surface area contributed by atoms with E-state index >= 15 is 0 Å². The van der Waals surface area contributed by atoms with Crippen molar-refractivity contribution in [1.29, 1.82) is 0 Å². The lowest BCUT2D eigenvalue weighted by Gasteiger charge is -2.15. The lowest BCUT2D eigenvalue weighted by Crippen LogP contribution is -2.36. The van der Waals surface area contributed by atoms with E-state index in [0.29, 0.717) is 11.1 Å². The summed E-state index contributed by atoms with van der Waals surface area (Å²) in [6.07, 6.45) is 2.56. The van der Waals surface area contributed by atoms with Gasteiger partial charge in [0.05, 0.1) is 0 Å². The van der Waals surface area contributed by atoms with E-state index in [1.54, 1.807) is 24.3 Å². The number of nitrogens with two attached hydrogens (primary N) is 1. The van der Waals surface area contributed by atoms with E-state index in [1.807, 2.05) is 30.3 Å². The Labute approximate surface area is 150 Å². The van der Waals surface area contributed by atoms with Crippen LogP contribution >= 0.6 is 0 Å². The maximum Gasteiger partial charge on any atom is 0.267 e. The zero-order valence-corrected chi connectivity index (χ0v) is 13.9. The van der Waals surface area contributed by atoms with Crippen molar-refractivity contribution < 1.29 is 19.6 Å². The normalized spacial score (nSPS) is 11.7. The Morgan fingerprint density at radius 1 is 1.08 bits per heavy atom. The molecule has 2 aromatic rings. The Kier molecular flexibility index (Phi) is 6.64. The number of primary amides is 1. The number of amides is 3. The van der Waals surface area contributed by atoms with Crippen molar-refractivity contribution in [1.82, 2.24) is 10.8 Å². The summed E-state index contributed by atoms with van der Waals surface area (Å²) in [6.45, 7) is 0.277. The molecule has 7 nitrogen and oxygen atoms in total. The van der Waals surface area contributed by atoms with Gasteiger partial charge >= 0.3 is 0 Å². The maximum atomic E-state index is 12.5. The molecule has 1 atom stereocenters. The van der Waals surface area contributed by atoms with Crippen molar-refractivity contribution in [2.75, 3.05) is 0 Å². The predicted octanol–water partition coefficient (Wildman–Crippen LogP) is 1.09. The molecular formula is C19H19N3O4. The molecule has 0 saturated carbocycles. The molecule has 5 N–H and O–H groups in total. The molecule has 0 saturated heterocycles. The van der Waals surface area contributed by atoms with Gasteiger partial charge in [-0.25, -0.2) is 5.48 Å². The molecule has 0 spiro atoms. The molecule has 2 rings (SSSR count). The molecule has 0 heterocycles. The summed E-state index contributed by atoms with van der Waals surface area (Å²) in [5.41, 5.74) is 8.78. The minimum atomic E-state index is -1.15. The fraction of sp³-hybridized carbons (Fsp3) is 0.105. The van der Waals surface area contributed by atoms with Gasteiger partial charge in [0.25, 0.3) is 5.91 Å². The number of benzene rings is 2. The highest BCUT2D eigenvalue weighted by Crippen LogP contribution is 2.18. The van der Waals surface area contributed by atoms with Gasteiger partial charge in [-0.15, -0.1) is 0 Å². The van der Waals surface area contributed by atoms with Crippen molar-refractivity contribution in [3.8, 4) is 0 Å². The topological polar surface area (TPSA) is 122 Å². The van der Waals surface area contributed by atoms with Crippen molar-refractivity contribution in [2.45, 2.75) is 12.5 Å². The van der Waals surface area contributed by atoms with Gasteiger partial charge in [0, 0.05) is 12.6 Å². The summed E-state index contributed by atoms with van der Waals surface area (Å²) in [4.78, 5) is 35.3. The molecule has 0 aliphatic heterocycles. The van der Waals surface area contributed by atoms with Crippen molar-refractivity contribution in [3.63, 3.8) is 0 Å². The third kappa shape index (κ3) is 5.29. The monoisotopic (exact) mass is 353 g/mol. The SMILES string of the molecule is NC(=O)C(C(=O)NCc1ccccc1)c1cccc(C=CC(=O)NO)c1. The van der Waals surface area contributed by atoms with Crippen LogP contribution in [0.3, 0.4) is 0 Å². The van der Waals surface area contributed by atoms with Crippen LogP contribution in [-0.4, -0.2) is 22.9 Å². The first-order chi connectivity index (χ1) is 12.5. The largest absolute Gasteiger partial charge is 0.369 e.